The summed E-state index contributed by atoms with van der Waals surface area (Å²) < 4.78 is 68.1. The lowest BCUT2D eigenvalue weighted by Crippen LogP contribution is -2.28. The molecule has 1 aliphatic rings. The minimum absolute atomic E-state index is 0.0238. The van der Waals surface area contributed by atoms with Crippen LogP contribution in [0.2, 0.25) is 10.0 Å². The second-order valence-electron chi connectivity index (χ2n) is 7.96. The van der Waals surface area contributed by atoms with E-state index in [-0.39, 0.29) is 36.8 Å². The molecule has 1 saturated heterocycles. The smallest absolute Gasteiger partial charge is 0.261 e. The van der Waals surface area contributed by atoms with Gasteiger partial charge in [-0.15, -0.1) is 0 Å². The molecule has 0 radical (unpaired) electrons. The third-order valence-electron chi connectivity index (χ3n) is 5.48. The zero-order valence-corrected chi connectivity index (χ0v) is 21.7. The molecule has 2 N–H and O–H groups in total. The summed E-state index contributed by atoms with van der Waals surface area (Å²) in [5, 5.41) is 2.56. The summed E-state index contributed by atoms with van der Waals surface area (Å²) in [4.78, 5) is 12.7. The molecule has 0 spiro atoms. The number of nitrogens with zero attached hydrogens (tertiary/aromatic N) is 1. The Hall–Kier alpha value is -2.70. The topological polar surface area (TPSA) is 113 Å². The molecule has 0 saturated carbocycles. The average molecular weight is 572 g/mol. The molecule has 3 aromatic rings. The molecule has 0 aliphatic carbocycles. The Morgan fingerprint density at radius 2 is 1.44 bits per heavy atom. The van der Waals surface area contributed by atoms with Gasteiger partial charge in [0.1, 0.15) is 5.82 Å². The van der Waals surface area contributed by atoms with Crippen molar-refractivity contribution in [3.8, 4) is 0 Å². The number of hydrogen-bond donors (Lipinski definition) is 2. The summed E-state index contributed by atoms with van der Waals surface area (Å²) in [5.41, 5.74) is -0.0293. The first-order valence-electron chi connectivity index (χ1n) is 10.7. The maximum Gasteiger partial charge on any atom is 0.261 e. The van der Waals surface area contributed by atoms with Crippen LogP contribution in [0.3, 0.4) is 0 Å². The monoisotopic (exact) mass is 571 g/mol. The van der Waals surface area contributed by atoms with E-state index in [2.05, 4.69) is 10.0 Å². The molecule has 13 heteroatoms. The number of rotatable bonds is 7. The van der Waals surface area contributed by atoms with Crippen molar-refractivity contribution in [2.45, 2.75) is 22.6 Å². The first kappa shape index (κ1) is 26.4. The number of halogens is 3. The van der Waals surface area contributed by atoms with Crippen LogP contribution >= 0.6 is 23.2 Å². The summed E-state index contributed by atoms with van der Waals surface area (Å²) in [6, 6.07) is 12.2. The molecular weight excluding hydrogens is 552 g/mol. The van der Waals surface area contributed by atoms with Crippen LogP contribution in [0.4, 0.5) is 15.8 Å². The van der Waals surface area contributed by atoms with E-state index in [9.17, 15) is 26.0 Å². The summed E-state index contributed by atoms with van der Waals surface area (Å²) in [5.74, 6) is -1.32. The van der Waals surface area contributed by atoms with Crippen LogP contribution in [-0.2, 0) is 20.0 Å². The standard InChI is InChI=1S/C23H20Cl2FN3O5S2/c24-20-9-7-17(35(31,32)28-16-5-3-15(26)4-6-16)13-19(20)23(30)27-22-14-18(8-10-21(22)25)36(33,34)29-11-1-2-12-29/h3-10,13-14,28H,1-2,11-12H2,(H,27,30). The molecular formula is C23H20Cl2FN3O5S2. The van der Waals surface area contributed by atoms with E-state index in [0.717, 1.165) is 31.0 Å². The molecule has 36 heavy (non-hydrogen) atoms. The van der Waals surface area contributed by atoms with Crippen molar-refractivity contribution in [1.29, 1.82) is 0 Å². The summed E-state index contributed by atoms with van der Waals surface area (Å²) in [7, 11) is -7.90. The molecule has 3 aromatic carbocycles. The molecule has 1 amide bonds. The van der Waals surface area contributed by atoms with Gasteiger partial charge in [0.25, 0.3) is 15.9 Å². The van der Waals surface area contributed by atoms with Gasteiger partial charge >= 0.3 is 0 Å². The number of carbonyl (C=O) groups is 1. The van der Waals surface area contributed by atoms with E-state index in [1.54, 1.807) is 0 Å². The second kappa shape index (κ2) is 10.3. The number of hydrogen-bond acceptors (Lipinski definition) is 5. The SMILES string of the molecule is O=C(Nc1cc(S(=O)(=O)N2CCCC2)ccc1Cl)c1cc(S(=O)(=O)Nc2ccc(F)cc2)ccc1Cl. The molecule has 0 unspecified atom stereocenters. The van der Waals surface area contributed by atoms with E-state index in [4.69, 9.17) is 23.2 Å². The first-order chi connectivity index (χ1) is 17.0. The van der Waals surface area contributed by atoms with Crippen molar-refractivity contribution >= 4 is 60.5 Å². The van der Waals surface area contributed by atoms with Gasteiger partial charge in [-0.1, -0.05) is 23.2 Å². The zero-order chi connectivity index (χ0) is 26.1. The highest BCUT2D eigenvalue weighted by atomic mass is 35.5. The molecule has 190 valence electrons. The predicted octanol–water partition coefficient (Wildman–Crippen LogP) is 4.97. The highest BCUT2D eigenvalue weighted by Gasteiger charge is 2.28. The average Bonchev–Trinajstić information content (AvgIpc) is 3.38. The quantitative estimate of drug-likeness (QED) is 0.415. The largest absolute Gasteiger partial charge is 0.321 e. The van der Waals surface area contributed by atoms with E-state index >= 15 is 0 Å². The van der Waals surface area contributed by atoms with Gasteiger partial charge in [-0.05, 0) is 73.5 Å². The number of benzene rings is 3. The Kier molecular flexibility index (Phi) is 7.58. The number of carbonyl (C=O) groups excluding carboxylic acids is 1. The highest BCUT2D eigenvalue weighted by molar-refractivity contribution is 7.92. The molecule has 1 fully saturated rings. The van der Waals surface area contributed by atoms with Gasteiger partial charge in [0.15, 0.2) is 0 Å². The summed E-state index contributed by atoms with van der Waals surface area (Å²) >= 11 is 12.4. The molecule has 0 aromatic heterocycles. The Balaban J connectivity index is 1.60. The Morgan fingerprint density at radius 3 is 2.11 bits per heavy atom. The van der Waals surface area contributed by atoms with Crippen LogP contribution in [0.1, 0.15) is 23.2 Å². The predicted molar refractivity (Wildman–Crippen MR) is 136 cm³/mol. The molecule has 1 aliphatic heterocycles. The minimum atomic E-state index is -4.14. The third-order valence-corrected chi connectivity index (χ3v) is 9.41. The van der Waals surface area contributed by atoms with E-state index < -0.39 is 31.8 Å². The Bertz CT molecular complexity index is 1530. The van der Waals surface area contributed by atoms with Crippen molar-refractivity contribution in [2.24, 2.45) is 0 Å². The van der Waals surface area contributed by atoms with Crippen LogP contribution < -0.4 is 10.0 Å². The molecule has 4 rings (SSSR count). The lowest BCUT2D eigenvalue weighted by Gasteiger charge is -2.17. The van der Waals surface area contributed by atoms with Gasteiger partial charge < -0.3 is 5.32 Å². The second-order valence-corrected chi connectivity index (χ2v) is 12.4. The Labute approximate surface area is 218 Å². The van der Waals surface area contributed by atoms with Crippen molar-refractivity contribution in [3.63, 3.8) is 0 Å². The van der Waals surface area contributed by atoms with E-state index in [0.29, 0.717) is 13.1 Å². The fourth-order valence-corrected chi connectivity index (χ4v) is 6.60. The molecule has 0 bridgehead atoms. The van der Waals surface area contributed by atoms with Crippen LogP contribution in [0.5, 0.6) is 0 Å². The third kappa shape index (κ3) is 5.65. The Morgan fingerprint density at radius 1 is 0.833 bits per heavy atom. The molecule has 8 nitrogen and oxygen atoms in total. The highest BCUT2D eigenvalue weighted by Crippen LogP contribution is 2.30. The van der Waals surface area contributed by atoms with Crippen LogP contribution in [0.25, 0.3) is 0 Å². The number of amides is 1. The minimum Gasteiger partial charge on any atom is -0.321 e. The van der Waals surface area contributed by atoms with Crippen molar-refractivity contribution in [2.75, 3.05) is 23.1 Å². The summed E-state index contributed by atoms with van der Waals surface area (Å²) in [6.07, 6.45) is 1.54. The van der Waals surface area contributed by atoms with Crippen molar-refractivity contribution in [1.82, 2.24) is 4.31 Å². The van der Waals surface area contributed by atoms with Gasteiger partial charge in [-0.3, -0.25) is 9.52 Å². The number of anilines is 2. The number of sulfonamides is 2. The van der Waals surface area contributed by atoms with Crippen LogP contribution in [-0.4, -0.2) is 40.1 Å². The zero-order valence-electron chi connectivity index (χ0n) is 18.5. The fraction of sp³-hybridized carbons (Fsp3) is 0.174. The van der Waals surface area contributed by atoms with Gasteiger partial charge in [0.05, 0.1) is 31.1 Å². The van der Waals surface area contributed by atoms with Crippen molar-refractivity contribution in [3.05, 3.63) is 82.1 Å². The van der Waals surface area contributed by atoms with Crippen LogP contribution in [0, 0.1) is 5.82 Å². The number of nitrogens with one attached hydrogen (secondary N) is 2. The van der Waals surface area contributed by atoms with Gasteiger partial charge in [-0.25, -0.2) is 21.2 Å². The van der Waals surface area contributed by atoms with Gasteiger partial charge in [-0.2, -0.15) is 4.31 Å². The lowest BCUT2D eigenvalue weighted by atomic mass is 10.2. The fourth-order valence-electron chi connectivity index (χ4n) is 3.61. The maximum absolute atomic E-state index is 13.1. The molecule has 0 atom stereocenters. The van der Waals surface area contributed by atoms with Gasteiger partial charge in [0.2, 0.25) is 10.0 Å². The first-order valence-corrected chi connectivity index (χ1v) is 14.3. The van der Waals surface area contributed by atoms with Crippen molar-refractivity contribution < 1.29 is 26.0 Å². The lowest BCUT2D eigenvalue weighted by molar-refractivity contribution is 0.102. The van der Waals surface area contributed by atoms with E-state index in [1.807, 2.05) is 0 Å². The normalized spacial score (nSPS) is 14.5. The van der Waals surface area contributed by atoms with Gasteiger partial charge in [0, 0.05) is 18.8 Å². The maximum atomic E-state index is 13.1. The van der Waals surface area contributed by atoms with E-state index in [1.165, 1.54) is 46.8 Å². The summed E-state index contributed by atoms with van der Waals surface area (Å²) in [6.45, 7) is 0.824. The van der Waals surface area contributed by atoms with Crippen LogP contribution in [0.15, 0.2) is 70.5 Å². The molecule has 1 heterocycles.